The van der Waals surface area contributed by atoms with Gasteiger partial charge in [0.25, 0.3) is 0 Å². The van der Waals surface area contributed by atoms with E-state index in [0.29, 0.717) is 13.0 Å². The summed E-state index contributed by atoms with van der Waals surface area (Å²) in [5, 5.41) is 11.6. The summed E-state index contributed by atoms with van der Waals surface area (Å²) in [7, 11) is -3.41. The van der Waals surface area contributed by atoms with Crippen molar-refractivity contribution in [3.05, 3.63) is 0 Å². The second kappa shape index (κ2) is 9.31. The van der Waals surface area contributed by atoms with E-state index in [1.807, 2.05) is 20.8 Å². The largest absolute Gasteiger partial charge is 0.396 e. The lowest BCUT2D eigenvalue weighted by atomic mass is 10.0. The van der Waals surface area contributed by atoms with Gasteiger partial charge >= 0.3 is 0 Å². The highest BCUT2D eigenvalue weighted by molar-refractivity contribution is 7.88. The van der Waals surface area contributed by atoms with E-state index in [0.717, 1.165) is 19.1 Å². The van der Waals surface area contributed by atoms with Crippen LogP contribution in [0.3, 0.4) is 0 Å². The number of carbonyl (C=O) groups excluding carboxylic acids is 1. The Balaban J connectivity index is 4.27. The topological polar surface area (TPSA) is 95.5 Å². The summed E-state index contributed by atoms with van der Waals surface area (Å²) >= 11 is 0. The van der Waals surface area contributed by atoms with E-state index in [1.54, 1.807) is 0 Å². The minimum atomic E-state index is -3.41. The number of aliphatic hydroxyl groups is 1. The maximum absolute atomic E-state index is 12.0. The molecule has 20 heavy (non-hydrogen) atoms. The maximum Gasteiger partial charge on any atom is 0.238 e. The van der Waals surface area contributed by atoms with E-state index in [-0.39, 0.29) is 24.3 Å². The van der Waals surface area contributed by atoms with Crippen LogP contribution in [0.4, 0.5) is 0 Å². The lowest BCUT2D eigenvalue weighted by Gasteiger charge is -2.19. The van der Waals surface area contributed by atoms with Crippen LogP contribution in [0, 0.1) is 11.8 Å². The van der Waals surface area contributed by atoms with E-state index in [4.69, 9.17) is 5.11 Å². The van der Waals surface area contributed by atoms with E-state index < -0.39 is 16.1 Å². The third-order valence-electron chi connectivity index (χ3n) is 2.86. The van der Waals surface area contributed by atoms with Crippen molar-refractivity contribution in [2.24, 2.45) is 11.8 Å². The molecule has 0 aromatic heterocycles. The average molecular weight is 308 g/mol. The number of nitrogens with one attached hydrogen (secondary N) is 2. The van der Waals surface area contributed by atoms with Crippen molar-refractivity contribution < 1.29 is 18.3 Å². The molecule has 0 saturated carbocycles. The van der Waals surface area contributed by atoms with Crippen molar-refractivity contribution in [2.45, 2.75) is 46.1 Å². The molecule has 0 aliphatic rings. The summed E-state index contributed by atoms with van der Waals surface area (Å²) in [5.41, 5.74) is 0. The molecule has 1 amide bonds. The van der Waals surface area contributed by atoms with E-state index in [1.165, 1.54) is 0 Å². The van der Waals surface area contributed by atoms with Crippen LogP contribution in [0.1, 0.15) is 40.0 Å². The van der Waals surface area contributed by atoms with Crippen molar-refractivity contribution in [1.82, 2.24) is 10.0 Å². The fourth-order valence-electron chi connectivity index (χ4n) is 1.82. The molecule has 0 aromatic rings. The molecule has 0 heterocycles. The zero-order valence-corrected chi connectivity index (χ0v) is 13.7. The van der Waals surface area contributed by atoms with Gasteiger partial charge in [-0.25, -0.2) is 13.1 Å². The standard InChI is InChI=1S/C13H28N2O4S/c1-10(2)8-12(15-20(4,18)19)13(17)14-7-5-6-11(3)9-16/h10-12,15-16H,5-9H2,1-4H3,(H,14,17). The van der Waals surface area contributed by atoms with Crippen molar-refractivity contribution in [2.75, 3.05) is 19.4 Å². The van der Waals surface area contributed by atoms with Gasteiger partial charge in [-0.2, -0.15) is 0 Å². The van der Waals surface area contributed by atoms with Crippen LogP contribution in [-0.2, 0) is 14.8 Å². The molecule has 2 atom stereocenters. The highest BCUT2D eigenvalue weighted by Crippen LogP contribution is 2.07. The predicted molar refractivity (Wildman–Crippen MR) is 79.7 cm³/mol. The highest BCUT2D eigenvalue weighted by Gasteiger charge is 2.22. The molecule has 2 unspecified atom stereocenters. The fraction of sp³-hybridized carbons (Fsp3) is 0.923. The summed E-state index contributed by atoms with van der Waals surface area (Å²) in [6.07, 6.45) is 3.11. The molecular formula is C13H28N2O4S. The average Bonchev–Trinajstić information content (AvgIpc) is 2.30. The Morgan fingerprint density at radius 3 is 2.30 bits per heavy atom. The second-order valence-corrected chi connectivity index (χ2v) is 7.57. The molecule has 0 fully saturated rings. The van der Waals surface area contributed by atoms with Crippen molar-refractivity contribution in [3.8, 4) is 0 Å². The van der Waals surface area contributed by atoms with Gasteiger partial charge < -0.3 is 10.4 Å². The SMILES string of the molecule is CC(C)CC(NS(C)(=O)=O)C(=O)NCCCC(C)CO. The van der Waals surface area contributed by atoms with Gasteiger partial charge in [-0.3, -0.25) is 4.79 Å². The molecule has 0 spiro atoms. The zero-order chi connectivity index (χ0) is 15.8. The van der Waals surface area contributed by atoms with Crippen LogP contribution in [0.25, 0.3) is 0 Å². The molecule has 0 aromatic carbocycles. The third-order valence-corrected chi connectivity index (χ3v) is 3.58. The Bertz CT molecular complexity index is 382. The first kappa shape index (κ1) is 19.3. The fourth-order valence-corrected chi connectivity index (χ4v) is 2.54. The van der Waals surface area contributed by atoms with E-state index >= 15 is 0 Å². The van der Waals surface area contributed by atoms with Gasteiger partial charge in [0.2, 0.25) is 15.9 Å². The molecule has 0 saturated heterocycles. The molecule has 0 radical (unpaired) electrons. The van der Waals surface area contributed by atoms with Crippen LogP contribution < -0.4 is 10.0 Å². The van der Waals surface area contributed by atoms with Gasteiger partial charge in [-0.1, -0.05) is 20.8 Å². The van der Waals surface area contributed by atoms with Gasteiger partial charge in [0.15, 0.2) is 0 Å². The summed E-state index contributed by atoms with van der Waals surface area (Å²) in [6.45, 7) is 6.44. The summed E-state index contributed by atoms with van der Waals surface area (Å²) < 4.78 is 24.9. The molecule has 120 valence electrons. The Morgan fingerprint density at radius 2 is 1.85 bits per heavy atom. The number of aliphatic hydroxyl groups excluding tert-OH is 1. The monoisotopic (exact) mass is 308 g/mol. The first-order valence-corrected chi connectivity index (χ1v) is 8.90. The Morgan fingerprint density at radius 1 is 1.25 bits per heavy atom. The van der Waals surface area contributed by atoms with E-state index in [9.17, 15) is 13.2 Å². The van der Waals surface area contributed by atoms with Crippen LogP contribution in [0.2, 0.25) is 0 Å². The first-order chi connectivity index (χ1) is 9.15. The summed E-state index contributed by atoms with van der Waals surface area (Å²) in [4.78, 5) is 12.0. The van der Waals surface area contributed by atoms with Gasteiger partial charge in [-0.05, 0) is 31.1 Å². The van der Waals surface area contributed by atoms with Crippen LogP contribution in [0.15, 0.2) is 0 Å². The molecule has 0 aliphatic carbocycles. The Labute approximate surface area is 122 Å². The van der Waals surface area contributed by atoms with Crippen LogP contribution in [-0.4, -0.2) is 44.9 Å². The van der Waals surface area contributed by atoms with Crippen LogP contribution in [0.5, 0.6) is 0 Å². The van der Waals surface area contributed by atoms with Crippen LogP contribution >= 0.6 is 0 Å². The van der Waals surface area contributed by atoms with Gasteiger partial charge in [0, 0.05) is 13.2 Å². The zero-order valence-electron chi connectivity index (χ0n) is 12.8. The predicted octanol–water partition coefficient (Wildman–Crippen LogP) is 0.475. The lowest BCUT2D eigenvalue weighted by Crippen LogP contribution is -2.47. The Kier molecular flexibility index (Phi) is 9.00. The number of carbonyl (C=O) groups is 1. The number of hydrogen-bond donors (Lipinski definition) is 3. The molecule has 0 rings (SSSR count). The highest BCUT2D eigenvalue weighted by atomic mass is 32.2. The smallest absolute Gasteiger partial charge is 0.238 e. The lowest BCUT2D eigenvalue weighted by molar-refractivity contribution is -0.123. The summed E-state index contributed by atoms with van der Waals surface area (Å²) in [6, 6.07) is -0.722. The minimum Gasteiger partial charge on any atom is -0.396 e. The van der Waals surface area contributed by atoms with Gasteiger partial charge in [0.1, 0.15) is 6.04 Å². The third kappa shape index (κ3) is 10.2. The number of rotatable bonds is 10. The second-order valence-electron chi connectivity index (χ2n) is 5.79. The van der Waals surface area contributed by atoms with Crippen molar-refractivity contribution in [3.63, 3.8) is 0 Å². The molecular weight excluding hydrogens is 280 g/mol. The number of amides is 1. The molecule has 3 N–H and O–H groups in total. The van der Waals surface area contributed by atoms with Gasteiger partial charge in [0.05, 0.1) is 6.26 Å². The van der Waals surface area contributed by atoms with Crippen molar-refractivity contribution >= 4 is 15.9 Å². The maximum atomic E-state index is 12.0. The number of hydrogen-bond acceptors (Lipinski definition) is 4. The van der Waals surface area contributed by atoms with E-state index in [2.05, 4.69) is 10.0 Å². The Hall–Kier alpha value is -0.660. The molecule has 0 bridgehead atoms. The first-order valence-electron chi connectivity index (χ1n) is 7.01. The minimum absolute atomic E-state index is 0.138. The van der Waals surface area contributed by atoms with Gasteiger partial charge in [-0.15, -0.1) is 0 Å². The summed E-state index contributed by atoms with van der Waals surface area (Å²) in [5.74, 6) is 0.141. The van der Waals surface area contributed by atoms with Crippen molar-refractivity contribution in [1.29, 1.82) is 0 Å². The number of sulfonamides is 1. The normalized spacial score (nSPS) is 15.1. The molecule has 7 heteroatoms. The quantitative estimate of drug-likeness (QED) is 0.511. The molecule has 6 nitrogen and oxygen atoms in total. The molecule has 0 aliphatic heterocycles.